The number of carbonyl (C=O) groups is 1. The van der Waals surface area contributed by atoms with Gasteiger partial charge in [0.25, 0.3) is 0 Å². The molecule has 1 amide bonds. The lowest BCUT2D eigenvalue weighted by molar-refractivity contribution is -0.117. The molecule has 1 saturated heterocycles. The van der Waals surface area contributed by atoms with Crippen LogP contribution in [0.3, 0.4) is 0 Å². The molecule has 1 fully saturated rings. The summed E-state index contributed by atoms with van der Waals surface area (Å²) < 4.78 is 1.94. The fraction of sp³-hybridized carbons (Fsp3) is 0.429. The normalized spacial score (nSPS) is 19.9. The Morgan fingerprint density at radius 1 is 1.60 bits per heavy atom. The van der Waals surface area contributed by atoms with Gasteiger partial charge in [-0.05, 0) is 31.3 Å². The monoisotopic (exact) mass is 290 g/mol. The molecule has 2 atom stereocenters. The van der Waals surface area contributed by atoms with E-state index in [2.05, 4.69) is 15.7 Å². The molecule has 3 heterocycles. The smallest absolute Gasteiger partial charge is 0.233 e. The number of anilines is 1. The van der Waals surface area contributed by atoms with Gasteiger partial charge < -0.3 is 10.6 Å². The standard InChI is InChI=1S/C14H18N4OS/c1-10(12-3-2-8-20-12)14(19)16-13-5-7-18(17-13)11-4-6-15-9-11/h2-3,5,7-8,10-11,15H,4,6,9H2,1H3,(H,16,17,19). The molecule has 0 saturated carbocycles. The van der Waals surface area contributed by atoms with Crippen molar-refractivity contribution in [1.29, 1.82) is 0 Å². The summed E-state index contributed by atoms with van der Waals surface area (Å²) in [6.07, 6.45) is 3.02. The lowest BCUT2D eigenvalue weighted by atomic mass is 10.1. The van der Waals surface area contributed by atoms with Crippen molar-refractivity contribution >= 4 is 23.1 Å². The minimum atomic E-state index is -0.145. The van der Waals surface area contributed by atoms with E-state index in [4.69, 9.17) is 0 Å². The van der Waals surface area contributed by atoms with Crippen LogP contribution >= 0.6 is 11.3 Å². The quantitative estimate of drug-likeness (QED) is 0.907. The topological polar surface area (TPSA) is 59.0 Å². The Morgan fingerprint density at radius 2 is 2.50 bits per heavy atom. The first-order valence-corrected chi connectivity index (χ1v) is 7.72. The maximum Gasteiger partial charge on any atom is 0.233 e. The molecule has 106 valence electrons. The van der Waals surface area contributed by atoms with Crippen LogP contribution in [0.1, 0.15) is 30.2 Å². The predicted octanol–water partition coefficient (Wildman–Crippen LogP) is 2.22. The highest BCUT2D eigenvalue weighted by Gasteiger charge is 2.19. The molecule has 0 aromatic carbocycles. The van der Waals surface area contributed by atoms with Gasteiger partial charge in [-0.3, -0.25) is 9.48 Å². The SMILES string of the molecule is CC(C(=O)Nc1ccn(C2CCNC2)n1)c1cccs1. The van der Waals surface area contributed by atoms with Gasteiger partial charge in [0.15, 0.2) is 5.82 Å². The molecule has 2 N–H and O–H groups in total. The summed E-state index contributed by atoms with van der Waals surface area (Å²) in [6.45, 7) is 3.89. The van der Waals surface area contributed by atoms with Crippen molar-refractivity contribution in [2.24, 2.45) is 0 Å². The number of thiophene rings is 1. The van der Waals surface area contributed by atoms with Gasteiger partial charge in [0.05, 0.1) is 12.0 Å². The van der Waals surface area contributed by atoms with E-state index in [1.54, 1.807) is 11.3 Å². The van der Waals surface area contributed by atoms with Crippen LogP contribution in [0.4, 0.5) is 5.82 Å². The van der Waals surface area contributed by atoms with E-state index in [-0.39, 0.29) is 11.8 Å². The van der Waals surface area contributed by atoms with E-state index in [9.17, 15) is 4.79 Å². The zero-order chi connectivity index (χ0) is 13.9. The van der Waals surface area contributed by atoms with Gasteiger partial charge in [-0.25, -0.2) is 0 Å². The average Bonchev–Trinajstić information content (AvgIpc) is 3.19. The first-order valence-electron chi connectivity index (χ1n) is 6.84. The number of rotatable bonds is 4. The van der Waals surface area contributed by atoms with Crippen LogP contribution in [0.5, 0.6) is 0 Å². The van der Waals surface area contributed by atoms with Gasteiger partial charge in [0.2, 0.25) is 5.91 Å². The van der Waals surface area contributed by atoms with Gasteiger partial charge in [-0.1, -0.05) is 6.07 Å². The summed E-state index contributed by atoms with van der Waals surface area (Å²) in [5, 5.41) is 12.6. The van der Waals surface area contributed by atoms with E-state index in [1.165, 1.54) is 0 Å². The first kappa shape index (κ1) is 13.3. The van der Waals surface area contributed by atoms with Crippen LogP contribution in [0, 0.1) is 0 Å². The Morgan fingerprint density at radius 3 is 3.20 bits per heavy atom. The van der Waals surface area contributed by atoms with E-state index in [0.29, 0.717) is 11.9 Å². The van der Waals surface area contributed by atoms with Gasteiger partial charge >= 0.3 is 0 Å². The molecule has 3 rings (SSSR count). The first-order chi connectivity index (χ1) is 9.74. The van der Waals surface area contributed by atoms with Crippen molar-refractivity contribution in [1.82, 2.24) is 15.1 Å². The Bertz CT molecular complexity index is 572. The van der Waals surface area contributed by atoms with Crippen molar-refractivity contribution in [2.75, 3.05) is 18.4 Å². The number of nitrogens with one attached hydrogen (secondary N) is 2. The lowest BCUT2D eigenvalue weighted by Gasteiger charge is -2.10. The molecular weight excluding hydrogens is 272 g/mol. The van der Waals surface area contributed by atoms with Crippen LogP contribution in [0.2, 0.25) is 0 Å². The van der Waals surface area contributed by atoms with Crippen LogP contribution in [-0.4, -0.2) is 28.8 Å². The second kappa shape index (κ2) is 5.76. The molecule has 0 spiro atoms. The van der Waals surface area contributed by atoms with E-state index in [1.807, 2.05) is 41.4 Å². The second-order valence-electron chi connectivity index (χ2n) is 5.05. The average molecular weight is 290 g/mol. The van der Waals surface area contributed by atoms with Crippen LogP contribution < -0.4 is 10.6 Å². The van der Waals surface area contributed by atoms with Crippen molar-refractivity contribution in [3.8, 4) is 0 Å². The molecule has 1 aliphatic rings. The Kier molecular flexibility index (Phi) is 3.84. The number of hydrogen-bond donors (Lipinski definition) is 2. The zero-order valence-electron chi connectivity index (χ0n) is 11.4. The molecule has 2 aromatic heterocycles. The van der Waals surface area contributed by atoms with E-state index < -0.39 is 0 Å². The van der Waals surface area contributed by atoms with Gasteiger partial charge in [0.1, 0.15) is 0 Å². The summed E-state index contributed by atoms with van der Waals surface area (Å²) >= 11 is 1.60. The number of carbonyl (C=O) groups excluding carboxylic acids is 1. The summed E-state index contributed by atoms with van der Waals surface area (Å²) in [5.74, 6) is 0.473. The Hall–Kier alpha value is -1.66. The molecule has 6 heteroatoms. The van der Waals surface area contributed by atoms with Gasteiger partial charge in [0, 0.05) is 23.7 Å². The maximum absolute atomic E-state index is 12.2. The molecule has 2 unspecified atom stereocenters. The molecule has 0 bridgehead atoms. The summed E-state index contributed by atoms with van der Waals surface area (Å²) in [7, 11) is 0. The number of hydrogen-bond acceptors (Lipinski definition) is 4. The predicted molar refractivity (Wildman–Crippen MR) is 80.1 cm³/mol. The molecule has 0 aliphatic carbocycles. The van der Waals surface area contributed by atoms with E-state index >= 15 is 0 Å². The fourth-order valence-electron chi connectivity index (χ4n) is 2.37. The molecule has 0 radical (unpaired) electrons. The highest BCUT2D eigenvalue weighted by molar-refractivity contribution is 7.10. The molecule has 20 heavy (non-hydrogen) atoms. The largest absolute Gasteiger partial charge is 0.315 e. The van der Waals surface area contributed by atoms with E-state index in [0.717, 1.165) is 24.4 Å². The third kappa shape index (κ3) is 2.76. The van der Waals surface area contributed by atoms with Gasteiger partial charge in [-0.15, -0.1) is 11.3 Å². The summed E-state index contributed by atoms with van der Waals surface area (Å²) in [6, 6.07) is 6.20. The van der Waals surface area contributed by atoms with Gasteiger partial charge in [-0.2, -0.15) is 5.10 Å². The molecule has 5 nitrogen and oxygen atoms in total. The number of nitrogens with zero attached hydrogens (tertiary/aromatic N) is 2. The zero-order valence-corrected chi connectivity index (χ0v) is 12.2. The fourth-order valence-corrected chi connectivity index (χ4v) is 3.16. The highest BCUT2D eigenvalue weighted by Crippen LogP contribution is 2.22. The number of amides is 1. The highest BCUT2D eigenvalue weighted by atomic mass is 32.1. The molecule has 1 aliphatic heterocycles. The van der Waals surface area contributed by atoms with Crippen molar-refractivity contribution in [3.05, 3.63) is 34.7 Å². The lowest BCUT2D eigenvalue weighted by Crippen LogP contribution is -2.19. The van der Waals surface area contributed by atoms with Crippen LogP contribution in [0.25, 0.3) is 0 Å². The summed E-state index contributed by atoms with van der Waals surface area (Å²) in [4.78, 5) is 13.2. The molecular formula is C14H18N4OS. The van der Waals surface area contributed by atoms with Crippen LogP contribution in [-0.2, 0) is 4.79 Å². The molecule has 2 aromatic rings. The van der Waals surface area contributed by atoms with Crippen molar-refractivity contribution in [3.63, 3.8) is 0 Å². The number of aromatic nitrogens is 2. The minimum Gasteiger partial charge on any atom is -0.315 e. The Labute approximate surface area is 122 Å². The Balaban J connectivity index is 1.64. The third-order valence-electron chi connectivity index (χ3n) is 3.63. The third-order valence-corrected chi connectivity index (χ3v) is 4.69. The minimum absolute atomic E-state index is 0.0118. The van der Waals surface area contributed by atoms with Crippen LogP contribution in [0.15, 0.2) is 29.8 Å². The maximum atomic E-state index is 12.2. The van der Waals surface area contributed by atoms with Crippen molar-refractivity contribution in [2.45, 2.75) is 25.3 Å². The second-order valence-corrected chi connectivity index (χ2v) is 6.03. The summed E-state index contributed by atoms with van der Waals surface area (Å²) in [5.41, 5.74) is 0. The van der Waals surface area contributed by atoms with Crippen molar-refractivity contribution < 1.29 is 4.79 Å².